The number of aliphatic hydroxyl groups is 1. The Kier molecular flexibility index (Phi) is 3.98. The number of aliphatic hydroxyl groups excluding tert-OH is 1. The summed E-state index contributed by atoms with van der Waals surface area (Å²) in [4.78, 5) is 30.6. The Bertz CT molecular complexity index is 968. The molecule has 0 radical (unpaired) electrons. The van der Waals surface area contributed by atoms with Crippen LogP contribution in [0, 0.1) is 11.8 Å². The van der Waals surface area contributed by atoms with Crippen LogP contribution in [0.25, 0.3) is 10.2 Å². The van der Waals surface area contributed by atoms with Crippen LogP contribution < -0.4 is 5.73 Å². The molecule has 136 valence electrons. The molecule has 1 fully saturated rings. The quantitative estimate of drug-likeness (QED) is 0.540. The van der Waals surface area contributed by atoms with Gasteiger partial charge < -0.3 is 20.8 Å². The van der Waals surface area contributed by atoms with Gasteiger partial charge in [0.05, 0.1) is 28.3 Å². The Morgan fingerprint density at radius 1 is 1.46 bits per heavy atom. The lowest BCUT2D eigenvalue weighted by Gasteiger charge is -2.46. The molecule has 1 aromatic heterocycles. The summed E-state index contributed by atoms with van der Waals surface area (Å²) < 4.78 is 1.63. The lowest BCUT2D eigenvalue weighted by molar-refractivity contribution is -0.163. The second-order valence-corrected chi connectivity index (χ2v) is 8.90. The van der Waals surface area contributed by atoms with Gasteiger partial charge in [0.2, 0.25) is 5.91 Å². The molecule has 2 aliphatic heterocycles. The summed E-state index contributed by atoms with van der Waals surface area (Å²) in [5.41, 5.74) is 7.26. The first-order valence-electron chi connectivity index (χ1n) is 8.12. The largest absolute Gasteiger partial charge is 0.477 e. The van der Waals surface area contributed by atoms with E-state index in [1.54, 1.807) is 13.0 Å². The molecule has 0 saturated carbocycles. The number of benzene rings is 1. The van der Waals surface area contributed by atoms with E-state index < -0.39 is 18.0 Å². The van der Waals surface area contributed by atoms with Crippen molar-refractivity contribution in [2.45, 2.75) is 30.3 Å². The van der Waals surface area contributed by atoms with Gasteiger partial charge in [-0.25, -0.2) is 9.78 Å². The monoisotopic (exact) mass is 391 g/mol. The van der Waals surface area contributed by atoms with Crippen molar-refractivity contribution < 1.29 is 19.8 Å². The van der Waals surface area contributed by atoms with Gasteiger partial charge in [0.15, 0.2) is 4.34 Å². The zero-order valence-corrected chi connectivity index (χ0v) is 15.7. The summed E-state index contributed by atoms with van der Waals surface area (Å²) in [6.45, 7) is 3.46. The van der Waals surface area contributed by atoms with Gasteiger partial charge in [-0.15, -0.1) is 11.3 Å². The Hall–Kier alpha value is -2.10. The molecule has 2 aromatic rings. The Morgan fingerprint density at radius 2 is 2.19 bits per heavy atom. The number of aliphatic carboxylic acids is 1. The highest BCUT2D eigenvalue weighted by atomic mass is 32.2. The number of carbonyl (C=O) groups excluding carboxylic acids is 1. The maximum absolute atomic E-state index is 12.4. The van der Waals surface area contributed by atoms with Gasteiger partial charge in [0.25, 0.3) is 0 Å². The van der Waals surface area contributed by atoms with Crippen molar-refractivity contribution in [3.05, 3.63) is 28.8 Å². The molecule has 3 heterocycles. The van der Waals surface area contributed by atoms with Crippen molar-refractivity contribution in [2.75, 3.05) is 5.73 Å². The van der Waals surface area contributed by atoms with Crippen LogP contribution in [-0.2, 0) is 9.59 Å². The molecule has 1 amide bonds. The third-order valence-corrected chi connectivity index (χ3v) is 7.27. The van der Waals surface area contributed by atoms with E-state index in [4.69, 9.17) is 5.73 Å². The second kappa shape index (κ2) is 5.97. The first-order chi connectivity index (χ1) is 12.3. The molecule has 4 N–H and O–H groups in total. The van der Waals surface area contributed by atoms with Crippen molar-refractivity contribution in [1.29, 1.82) is 0 Å². The van der Waals surface area contributed by atoms with Crippen LogP contribution in [0.3, 0.4) is 0 Å². The molecular formula is C17H17N3O4S2. The van der Waals surface area contributed by atoms with E-state index in [0.717, 1.165) is 10.2 Å². The molecule has 1 saturated heterocycles. The van der Waals surface area contributed by atoms with E-state index in [2.05, 4.69) is 4.98 Å². The number of thiazole rings is 1. The average Bonchev–Trinajstić information content (AvgIpc) is 3.05. The highest BCUT2D eigenvalue weighted by molar-refractivity contribution is 8.04. The topological polar surface area (TPSA) is 117 Å². The van der Waals surface area contributed by atoms with Crippen LogP contribution >= 0.6 is 23.1 Å². The molecule has 7 nitrogen and oxygen atoms in total. The standard InChI is InChI=1S/C17H17N3O4S2/c1-6-12-11(7(2)21)15(22)20(12)13(16(23)24)14(6)26-17-19-9-4-3-8(18)5-10(9)25-17/h3-7,11-12,21H,18H2,1-2H3,(H,23,24)/t6-,7-,11-,12-/m1/s1. The molecular weight excluding hydrogens is 374 g/mol. The van der Waals surface area contributed by atoms with Gasteiger partial charge >= 0.3 is 5.97 Å². The Morgan fingerprint density at radius 3 is 2.85 bits per heavy atom. The number of thioether (sulfide) groups is 1. The first kappa shape index (κ1) is 17.3. The highest BCUT2D eigenvalue weighted by Gasteiger charge is 2.60. The number of carboxylic acid groups (broad SMARTS) is 1. The molecule has 4 atom stereocenters. The third kappa shape index (κ3) is 2.42. The van der Waals surface area contributed by atoms with Gasteiger partial charge in [-0.2, -0.15) is 0 Å². The molecule has 0 aliphatic carbocycles. The predicted molar refractivity (Wildman–Crippen MR) is 99.5 cm³/mol. The molecule has 2 aliphatic rings. The summed E-state index contributed by atoms with van der Waals surface area (Å²) in [6, 6.07) is 5.12. The normalized spacial score (nSPS) is 26.2. The number of fused-ring (bicyclic) bond motifs is 2. The molecule has 26 heavy (non-hydrogen) atoms. The van der Waals surface area contributed by atoms with Gasteiger partial charge in [-0.05, 0) is 25.1 Å². The number of nitrogen functional groups attached to an aromatic ring is 1. The number of nitrogens with zero attached hydrogens (tertiary/aromatic N) is 2. The molecule has 0 spiro atoms. The minimum Gasteiger partial charge on any atom is -0.477 e. The fraction of sp³-hybridized carbons (Fsp3) is 0.353. The SMILES string of the molecule is C[C@@H](O)[C@H]1C(=O)N2C(C(=O)O)=C(Sc3nc4ccc(N)cc4s3)[C@H](C)[C@H]12. The van der Waals surface area contributed by atoms with Crippen molar-refractivity contribution in [3.63, 3.8) is 0 Å². The van der Waals surface area contributed by atoms with Crippen LogP contribution in [0.2, 0.25) is 0 Å². The van der Waals surface area contributed by atoms with Crippen molar-refractivity contribution in [1.82, 2.24) is 9.88 Å². The summed E-state index contributed by atoms with van der Waals surface area (Å²) >= 11 is 2.72. The predicted octanol–water partition coefficient (Wildman–Crippen LogP) is 2.12. The minimum absolute atomic E-state index is 0.00756. The van der Waals surface area contributed by atoms with Crippen molar-refractivity contribution in [2.24, 2.45) is 11.8 Å². The fourth-order valence-electron chi connectivity index (χ4n) is 3.71. The molecule has 9 heteroatoms. The van der Waals surface area contributed by atoms with E-state index >= 15 is 0 Å². The smallest absolute Gasteiger partial charge is 0.353 e. The van der Waals surface area contributed by atoms with Gasteiger partial charge in [0.1, 0.15) is 5.70 Å². The Balaban J connectivity index is 1.72. The van der Waals surface area contributed by atoms with Gasteiger partial charge in [-0.3, -0.25) is 4.79 Å². The highest BCUT2D eigenvalue weighted by Crippen LogP contribution is 2.52. The molecule has 4 rings (SSSR count). The van der Waals surface area contributed by atoms with Crippen molar-refractivity contribution >= 4 is 50.9 Å². The third-order valence-electron chi connectivity index (χ3n) is 4.90. The summed E-state index contributed by atoms with van der Waals surface area (Å²) in [5, 5.41) is 19.5. The van der Waals surface area contributed by atoms with Crippen molar-refractivity contribution in [3.8, 4) is 0 Å². The fourth-order valence-corrected chi connectivity index (χ4v) is 6.11. The number of aromatic nitrogens is 1. The summed E-state index contributed by atoms with van der Waals surface area (Å²) in [6.07, 6.45) is -0.809. The summed E-state index contributed by atoms with van der Waals surface area (Å²) in [7, 11) is 0. The van der Waals surface area contributed by atoms with E-state index in [1.807, 2.05) is 19.1 Å². The number of hydrogen-bond donors (Lipinski definition) is 3. The number of carbonyl (C=O) groups is 2. The number of hydrogen-bond acceptors (Lipinski definition) is 7. The summed E-state index contributed by atoms with van der Waals surface area (Å²) in [5.74, 6) is -2.21. The van der Waals surface area contributed by atoms with Gasteiger partial charge in [-0.1, -0.05) is 18.7 Å². The van der Waals surface area contributed by atoms with Gasteiger partial charge in [0, 0.05) is 16.5 Å². The Labute approximate surface area is 157 Å². The number of carboxylic acids is 1. The van der Waals surface area contributed by atoms with Crippen LogP contribution in [0.5, 0.6) is 0 Å². The number of nitrogens with two attached hydrogens (primary N) is 1. The lowest BCUT2D eigenvalue weighted by Crippen LogP contribution is -2.63. The van der Waals surface area contributed by atoms with Crippen LogP contribution in [0.15, 0.2) is 33.1 Å². The molecule has 0 unspecified atom stereocenters. The maximum atomic E-state index is 12.4. The van der Waals surface area contributed by atoms with Crippen LogP contribution in [-0.4, -0.2) is 44.1 Å². The zero-order valence-electron chi connectivity index (χ0n) is 14.0. The number of rotatable bonds is 4. The number of anilines is 1. The van der Waals surface area contributed by atoms with E-state index in [1.165, 1.54) is 28.0 Å². The molecule has 0 bridgehead atoms. The first-order valence-corrected chi connectivity index (χ1v) is 9.75. The maximum Gasteiger partial charge on any atom is 0.353 e. The minimum atomic E-state index is -1.13. The zero-order chi connectivity index (χ0) is 18.7. The number of amides is 1. The van der Waals surface area contributed by atoms with E-state index in [9.17, 15) is 19.8 Å². The van der Waals surface area contributed by atoms with E-state index in [0.29, 0.717) is 14.9 Å². The number of β-lactam (4-membered cyclic amide) rings is 1. The second-order valence-electron chi connectivity index (χ2n) is 6.58. The lowest BCUT2D eigenvalue weighted by atomic mass is 9.79. The molecule has 1 aromatic carbocycles. The van der Waals surface area contributed by atoms with Crippen LogP contribution in [0.4, 0.5) is 5.69 Å². The average molecular weight is 391 g/mol. The van der Waals surface area contributed by atoms with Crippen LogP contribution in [0.1, 0.15) is 13.8 Å². The van der Waals surface area contributed by atoms with E-state index in [-0.39, 0.29) is 23.6 Å².